The van der Waals surface area contributed by atoms with Crippen LogP contribution in [0.25, 0.3) is 0 Å². The van der Waals surface area contributed by atoms with Crippen LogP contribution in [0.2, 0.25) is 0 Å². The molecule has 2 unspecified atom stereocenters. The summed E-state index contributed by atoms with van der Waals surface area (Å²) in [6.45, 7) is 8.48. The molecule has 1 aliphatic rings. The molecule has 0 radical (unpaired) electrons. The first kappa shape index (κ1) is 15.9. The van der Waals surface area contributed by atoms with Gasteiger partial charge >= 0.3 is 12.1 Å². The lowest BCUT2D eigenvalue weighted by molar-refractivity contribution is -0.766. The molecule has 6 heteroatoms. The maximum absolute atomic E-state index is 12.4. The Morgan fingerprint density at radius 2 is 2.00 bits per heavy atom. The zero-order chi connectivity index (χ0) is 14.7. The molecule has 0 aromatic heterocycles. The van der Waals surface area contributed by atoms with Crippen molar-refractivity contribution in [2.75, 3.05) is 26.9 Å². The average molecular weight is 273 g/mol. The van der Waals surface area contributed by atoms with Gasteiger partial charge in [0, 0.05) is 19.4 Å². The highest BCUT2D eigenvalue weighted by atomic mass is 16.6. The van der Waals surface area contributed by atoms with Crippen LogP contribution in [0.3, 0.4) is 0 Å². The molecule has 19 heavy (non-hydrogen) atoms. The van der Waals surface area contributed by atoms with Gasteiger partial charge in [0.2, 0.25) is 0 Å². The van der Waals surface area contributed by atoms with Crippen LogP contribution < -0.4 is 5.32 Å². The molecule has 3 amide bonds. The Labute approximate surface area is 114 Å². The second-order valence-electron chi connectivity index (χ2n) is 6.16. The third-order valence-corrected chi connectivity index (χ3v) is 3.13. The van der Waals surface area contributed by atoms with Crippen molar-refractivity contribution in [3.63, 3.8) is 0 Å². The number of urea groups is 1. The number of hydrogen-bond donors (Lipinski definition) is 1. The van der Waals surface area contributed by atoms with Crippen LogP contribution in [0, 0.1) is 5.92 Å². The smallest absolute Gasteiger partial charge is 0.414 e. The molecule has 1 rings (SSSR count). The number of nitrogens with zero attached hydrogens (tertiary/aromatic N) is 1. The number of nitrogens with one attached hydrogen (secondary N) is 1. The SMILES string of the molecule is COCNC(=O)[N+]1(C(=O)OC(C)(C)C)CCC(C)C1. The van der Waals surface area contributed by atoms with Gasteiger partial charge in [-0.05, 0) is 20.8 Å². The minimum absolute atomic E-state index is 0.0933. The lowest BCUT2D eigenvalue weighted by Gasteiger charge is -2.30. The lowest BCUT2D eigenvalue weighted by atomic mass is 10.2. The Balaban J connectivity index is 2.88. The van der Waals surface area contributed by atoms with E-state index < -0.39 is 11.7 Å². The summed E-state index contributed by atoms with van der Waals surface area (Å²) >= 11 is 0. The molecule has 2 atom stereocenters. The molecule has 1 saturated heterocycles. The van der Waals surface area contributed by atoms with E-state index in [-0.39, 0.29) is 17.2 Å². The van der Waals surface area contributed by atoms with Crippen molar-refractivity contribution in [3.05, 3.63) is 0 Å². The third-order valence-electron chi connectivity index (χ3n) is 3.13. The Hall–Kier alpha value is -1.14. The van der Waals surface area contributed by atoms with E-state index in [0.29, 0.717) is 19.0 Å². The summed E-state index contributed by atoms with van der Waals surface area (Å²) < 4.78 is 9.95. The number of quaternary nitrogens is 1. The summed E-state index contributed by atoms with van der Waals surface area (Å²) in [6.07, 6.45) is 0.352. The molecule has 1 heterocycles. The highest BCUT2D eigenvalue weighted by Gasteiger charge is 2.52. The molecule has 0 saturated carbocycles. The van der Waals surface area contributed by atoms with Crippen LogP contribution >= 0.6 is 0 Å². The van der Waals surface area contributed by atoms with Crippen molar-refractivity contribution in [2.24, 2.45) is 5.92 Å². The van der Waals surface area contributed by atoms with Gasteiger partial charge in [-0.15, -0.1) is 4.48 Å². The van der Waals surface area contributed by atoms with Crippen molar-refractivity contribution in [3.8, 4) is 0 Å². The first-order valence-corrected chi connectivity index (χ1v) is 6.59. The van der Waals surface area contributed by atoms with Gasteiger partial charge in [0.25, 0.3) is 0 Å². The molecule has 1 N–H and O–H groups in total. The van der Waals surface area contributed by atoms with Crippen LogP contribution in [0.1, 0.15) is 34.1 Å². The van der Waals surface area contributed by atoms with Crippen LogP contribution in [-0.2, 0) is 9.47 Å². The number of hydrogen-bond acceptors (Lipinski definition) is 4. The minimum atomic E-state index is -0.601. The first-order valence-electron chi connectivity index (χ1n) is 6.59. The van der Waals surface area contributed by atoms with Crippen molar-refractivity contribution in [1.29, 1.82) is 0 Å². The van der Waals surface area contributed by atoms with E-state index in [1.54, 1.807) is 20.8 Å². The maximum Gasteiger partial charge on any atom is 0.525 e. The predicted molar refractivity (Wildman–Crippen MR) is 70.4 cm³/mol. The van der Waals surface area contributed by atoms with Crippen molar-refractivity contribution >= 4 is 12.1 Å². The summed E-state index contributed by atoms with van der Waals surface area (Å²) in [5.74, 6) is 0.320. The van der Waals surface area contributed by atoms with E-state index in [0.717, 1.165) is 6.42 Å². The van der Waals surface area contributed by atoms with Crippen LogP contribution in [0.4, 0.5) is 9.59 Å². The number of carbonyl (C=O) groups excluding carboxylic acids is 2. The second kappa shape index (κ2) is 5.88. The third kappa shape index (κ3) is 3.91. The van der Waals surface area contributed by atoms with Gasteiger partial charge in [-0.1, -0.05) is 6.92 Å². The number of imide groups is 1. The topological polar surface area (TPSA) is 64.6 Å². The maximum atomic E-state index is 12.4. The van der Waals surface area contributed by atoms with Gasteiger partial charge < -0.3 is 9.47 Å². The number of likely N-dealkylation sites (tertiary alicyclic amines) is 1. The Bertz CT molecular complexity index is 351. The van der Waals surface area contributed by atoms with Gasteiger partial charge in [-0.2, -0.15) is 4.79 Å². The fourth-order valence-corrected chi connectivity index (χ4v) is 2.22. The molecule has 0 bridgehead atoms. The highest BCUT2D eigenvalue weighted by molar-refractivity contribution is 5.80. The lowest BCUT2D eigenvalue weighted by Crippen LogP contribution is -2.60. The number of amides is 3. The fourth-order valence-electron chi connectivity index (χ4n) is 2.22. The summed E-state index contributed by atoms with van der Waals surface area (Å²) in [4.78, 5) is 24.7. The average Bonchev–Trinajstić information content (AvgIpc) is 2.67. The van der Waals surface area contributed by atoms with E-state index in [9.17, 15) is 9.59 Å². The van der Waals surface area contributed by atoms with E-state index >= 15 is 0 Å². The van der Waals surface area contributed by atoms with Crippen LogP contribution in [0.5, 0.6) is 0 Å². The van der Waals surface area contributed by atoms with E-state index in [1.165, 1.54) is 7.11 Å². The molecule has 0 spiro atoms. The van der Waals surface area contributed by atoms with E-state index in [1.807, 2.05) is 6.92 Å². The Kier molecular flexibility index (Phi) is 4.92. The number of rotatable bonds is 2. The molecule has 1 aliphatic heterocycles. The molecule has 6 nitrogen and oxygen atoms in total. The van der Waals surface area contributed by atoms with E-state index in [4.69, 9.17) is 9.47 Å². The summed E-state index contributed by atoms with van der Waals surface area (Å²) in [5.41, 5.74) is -0.601. The number of methoxy groups -OCH3 is 1. The van der Waals surface area contributed by atoms with Gasteiger partial charge in [0.1, 0.15) is 18.9 Å². The van der Waals surface area contributed by atoms with E-state index in [2.05, 4.69) is 5.32 Å². The molecule has 110 valence electrons. The van der Waals surface area contributed by atoms with Gasteiger partial charge in [-0.25, -0.2) is 4.79 Å². The molecule has 0 aromatic carbocycles. The monoisotopic (exact) mass is 273 g/mol. The molecule has 0 aliphatic carbocycles. The normalized spacial score (nSPS) is 27.1. The quantitative estimate of drug-likeness (QED) is 0.618. The minimum Gasteiger partial charge on any atom is -0.414 e. The summed E-state index contributed by atoms with van der Waals surface area (Å²) in [5, 5.41) is 2.61. The molecule has 0 aromatic rings. The fraction of sp³-hybridized carbons (Fsp3) is 0.846. The first-order chi connectivity index (χ1) is 8.71. The molecular formula is C13H25N2O4+. The second-order valence-corrected chi connectivity index (χ2v) is 6.16. The zero-order valence-electron chi connectivity index (χ0n) is 12.5. The zero-order valence-corrected chi connectivity index (χ0v) is 12.5. The highest BCUT2D eigenvalue weighted by Crippen LogP contribution is 2.27. The van der Waals surface area contributed by atoms with Gasteiger partial charge in [0.05, 0.1) is 6.54 Å². The van der Waals surface area contributed by atoms with Crippen LogP contribution in [0.15, 0.2) is 0 Å². The summed E-state index contributed by atoms with van der Waals surface area (Å²) in [7, 11) is 1.49. The summed E-state index contributed by atoms with van der Waals surface area (Å²) in [6, 6.07) is -0.347. The standard InChI is InChI=1S/C13H24N2O4/c1-10-6-7-15(8-10,11(16)14-9-18-5)12(17)19-13(2,3)4/h10H,6-9H2,1-5H3/p+1. The Morgan fingerprint density at radius 3 is 2.42 bits per heavy atom. The molecule has 1 fully saturated rings. The predicted octanol–water partition coefficient (Wildman–Crippen LogP) is 2.09. The van der Waals surface area contributed by atoms with Gasteiger partial charge in [-0.3, -0.25) is 5.32 Å². The van der Waals surface area contributed by atoms with Crippen molar-refractivity contribution in [2.45, 2.75) is 39.7 Å². The van der Waals surface area contributed by atoms with Gasteiger partial charge in [0.15, 0.2) is 0 Å². The Morgan fingerprint density at radius 1 is 1.37 bits per heavy atom. The van der Waals surface area contributed by atoms with Crippen LogP contribution in [-0.4, -0.2) is 49.1 Å². The number of ether oxygens (including phenoxy) is 2. The van der Waals surface area contributed by atoms with Crippen molar-refractivity contribution in [1.82, 2.24) is 5.32 Å². The molecular weight excluding hydrogens is 248 g/mol. The van der Waals surface area contributed by atoms with Crippen molar-refractivity contribution < 1.29 is 23.5 Å². The largest absolute Gasteiger partial charge is 0.525 e. The number of carbonyl (C=O) groups is 2.